The smallest absolute Gasteiger partial charge is 0.225 e. The second-order valence-electron chi connectivity index (χ2n) is 13.8. The van der Waals surface area contributed by atoms with Crippen molar-refractivity contribution in [2.75, 3.05) is 23.4 Å². The van der Waals surface area contributed by atoms with Crippen molar-refractivity contribution in [3.8, 4) is 5.75 Å². The Balaban J connectivity index is 0.000000373. The first-order chi connectivity index (χ1) is 22.4. The molecule has 1 aliphatic rings. The first-order valence-corrected chi connectivity index (χ1v) is 22.8. The number of benzene rings is 3. The van der Waals surface area contributed by atoms with Crippen LogP contribution in [-0.2, 0) is 18.3 Å². The number of carbonyl (C=O) groups is 1. The van der Waals surface area contributed by atoms with Gasteiger partial charge in [0, 0.05) is 41.3 Å². The Bertz CT molecular complexity index is 1560. The zero-order chi connectivity index (χ0) is 35.9. The second kappa shape index (κ2) is 17.8. The van der Waals surface area contributed by atoms with E-state index in [4.69, 9.17) is 24.1 Å². The fraction of sp³-hybridized carbons (Fsp3) is 0.462. The number of amides is 1. The largest absolute Gasteiger partial charge is 0.501 e. The zero-order valence-electron chi connectivity index (χ0n) is 30.3. The molecule has 0 spiro atoms. The van der Waals surface area contributed by atoms with E-state index in [9.17, 15) is 4.79 Å². The van der Waals surface area contributed by atoms with Gasteiger partial charge < -0.3 is 15.1 Å². The molecule has 1 heterocycles. The van der Waals surface area contributed by atoms with Crippen LogP contribution in [0.5, 0.6) is 5.75 Å². The van der Waals surface area contributed by atoms with Gasteiger partial charge in [0.2, 0.25) is 5.91 Å². The van der Waals surface area contributed by atoms with Crippen molar-refractivity contribution in [3.05, 3.63) is 94.1 Å². The van der Waals surface area contributed by atoms with E-state index in [1.165, 1.54) is 44.8 Å². The summed E-state index contributed by atoms with van der Waals surface area (Å²) < 4.78 is 7.51. The summed E-state index contributed by atoms with van der Waals surface area (Å²) in [7, 11) is 13.4. The molecule has 2 unspecified atom stereocenters. The SMILES string of the molecule is CC(C)Oc1ccccc1[CH]=[Ru]([Cl])[Cl].CNC(=O)C(C)(C)CC(Br)CC1CN(c2c(C)cc(C)cc2C)[CH-]N1c1c(C)cc(C)cc1C. The van der Waals surface area contributed by atoms with Crippen molar-refractivity contribution >= 4 is 57.2 Å². The average Bonchev–Trinajstić information content (AvgIpc) is 3.33. The molecular weight excluding hydrogens is 794 g/mol. The van der Waals surface area contributed by atoms with E-state index in [2.05, 4.69) is 104 Å². The Morgan fingerprint density at radius 1 is 1.00 bits per heavy atom. The number of hydrogen-bond donors (Lipinski definition) is 1. The number of carbonyl (C=O) groups excluding carboxylic acids is 1. The zero-order valence-corrected chi connectivity index (χ0v) is 35.2. The topological polar surface area (TPSA) is 44.8 Å². The summed E-state index contributed by atoms with van der Waals surface area (Å²) in [6.45, 7) is 24.4. The predicted octanol–water partition coefficient (Wildman–Crippen LogP) is 10.2. The van der Waals surface area contributed by atoms with E-state index in [1.54, 1.807) is 7.05 Å². The van der Waals surface area contributed by atoms with Crippen molar-refractivity contribution in [2.45, 2.75) is 99.1 Å². The molecular formula is C39H53BrCl2N3O2Ru-. The number of aryl methyl sites for hydroxylation is 6. The summed E-state index contributed by atoms with van der Waals surface area (Å²) in [6.07, 6.45) is 1.89. The Hall–Kier alpha value is -1.92. The van der Waals surface area contributed by atoms with Gasteiger partial charge in [-0.15, -0.1) is 0 Å². The van der Waals surface area contributed by atoms with Crippen LogP contribution in [0.2, 0.25) is 0 Å². The van der Waals surface area contributed by atoms with Crippen LogP contribution in [0.25, 0.3) is 0 Å². The van der Waals surface area contributed by atoms with Gasteiger partial charge in [0.05, 0.1) is 0 Å². The molecule has 2 atom stereocenters. The number of halogens is 3. The van der Waals surface area contributed by atoms with E-state index in [0.29, 0.717) is 6.04 Å². The van der Waals surface area contributed by atoms with Gasteiger partial charge >= 0.3 is 97.8 Å². The molecule has 0 aliphatic carbocycles. The normalized spacial score (nSPS) is 15.6. The Morgan fingerprint density at radius 2 is 1.52 bits per heavy atom. The monoisotopic (exact) mass is 846 g/mol. The van der Waals surface area contributed by atoms with E-state index < -0.39 is 18.9 Å². The summed E-state index contributed by atoms with van der Waals surface area (Å²) in [5.74, 6) is 0.937. The Morgan fingerprint density at radius 3 is 2.02 bits per heavy atom. The molecule has 1 saturated heterocycles. The molecule has 0 saturated carbocycles. The van der Waals surface area contributed by atoms with Crippen molar-refractivity contribution in [1.29, 1.82) is 0 Å². The predicted molar refractivity (Wildman–Crippen MR) is 208 cm³/mol. The molecule has 9 heteroatoms. The maximum Gasteiger partial charge on any atom is 0.225 e. The number of nitrogens with zero attached hydrogens (tertiary/aromatic N) is 2. The van der Waals surface area contributed by atoms with Gasteiger partial charge in [0.25, 0.3) is 0 Å². The minimum Gasteiger partial charge on any atom is -0.501 e. The Labute approximate surface area is 311 Å². The van der Waals surface area contributed by atoms with Crippen LogP contribution < -0.4 is 19.9 Å². The molecule has 3 aromatic carbocycles. The number of hydrogen-bond acceptors (Lipinski definition) is 4. The van der Waals surface area contributed by atoms with Gasteiger partial charge in [-0.05, 0) is 76.6 Å². The van der Waals surface area contributed by atoms with Gasteiger partial charge in [-0.25, -0.2) is 0 Å². The molecule has 0 aromatic heterocycles. The quantitative estimate of drug-likeness (QED) is 0.125. The third-order valence-electron chi connectivity index (χ3n) is 8.45. The number of ether oxygens (including phenoxy) is 1. The average molecular weight is 848 g/mol. The molecule has 0 bridgehead atoms. The number of para-hydroxylation sites is 1. The maximum atomic E-state index is 12.4. The standard InChI is InChI=1S/C29H41BrN3O.C10H12O.2ClH.Ru/c1-18-10-20(3)26(21(4)11-18)32-16-25(14-24(30)15-29(7,8)28(34)31-9)33(17-32)27-22(5)12-19(2)13-23(27)6;1-8(2)11-10-7-5-4-6-9(10)3;;;/h10-13,17,24-25H,14-16H2,1-9H3,(H,31,34);3-8H,1-2H3;2*1H;/q-1;;;;+2/p-2. The van der Waals surface area contributed by atoms with Crippen LogP contribution in [0.1, 0.15) is 79.5 Å². The second-order valence-corrected chi connectivity index (χ2v) is 20.9. The van der Waals surface area contributed by atoms with Gasteiger partial charge in [0.15, 0.2) is 0 Å². The van der Waals surface area contributed by atoms with Crippen molar-refractivity contribution < 1.29 is 23.0 Å². The fourth-order valence-corrected chi connectivity index (χ4v) is 9.81. The molecule has 4 rings (SSSR count). The van der Waals surface area contributed by atoms with Gasteiger partial charge in [0.1, 0.15) is 0 Å². The van der Waals surface area contributed by atoms with Gasteiger partial charge in [-0.2, -0.15) is 6.67 Å². The van der Waals surface area contributed by atoms with Crippen LogP contribution in [0.4, 0.5) is 11.4 Å². The molecule has 48 heavy (non-hydrogen) atoms. The number of alkyl halides is 1. The first-order valence-electron chi connectivity index (χ1n) is 16.4. The summed E-state index contributed by atoms with van der Waals surface area (Å²) >= 11 is 2.18. The number of rotatable bonds is 10. The van der Waals surface area contributed by atoms with E-state index in [-0.39, 0.29) is 16.8 Å². The summed E-state index contributed by atoms with van der Waals surface area (Å²) in [6, 6.07) is 17.2. The minimum absolute atomic E-state index is 0.0875. The molecule has 3 aromatic rings. The minimum atomic E-state index is -1.77. The Kier molecular flexibility index (Phi) is 15.1. The maximum absolute atomic E-state index is 12.4. The first kappa shape index (κ1) is 40.5. The fourth-order valence-electron chi connectivity index (χ4n) is 6.76. The van der Waals surface area contributed by atoms with E-state index >= 15 is 0 Å². The molecule has 1 aliphatic heterocycles. The molecule has 5 nitrogen and oxygen atoms in total. The van der Waals surface area contributed by atoms with Crippen LogP contribution >= 0.6 is 35.3 Å². The summed E-state index contributed by atoms with van der Waals surface area (Å²) in [5.41, 5.74) is 11.0. The van der Waals surface area contributed by atoms with Crippen molar-refractivity contribution in [2.24, 2.45) is 5.41 Å². The molecule has 1 N–H and O–H groups in total. The number of nitrogens with one attached hydrogen (secondary N) is 1. The van der Waals surface area contributed by atoms with Crippen molar-refractivity contribution in [3.63, 3.8) is 0 Å². The number of anilines is 2. The summed E-state index contributed by atoms with van der Waals surface area (Å²) in [5, 5.41) is 2.82. The molecule has 0 radical (unpaired) electrons. The van der Waals surface area contributed by atoms with Crippen LogP contribution in [0, 0.1) is 53.6 Å². The summed E-state index contributed by atoms with van der Waals surface area (Å²) in [4.78, 5) is 17.5. The van der Waals surface area contributed by atoms with Crippen molar-refractivity contribution in [1.82, 2.24) is 5.32 Å². The third kappa shape index (κ3) is 11.0. The van der Waals surface area contributed by atoms with Gasteiger partial charge in [-0.1, -0.05) is 65.2 Å². The van der Waals surface area contributed by atoms with Crippen LogP contribution in [0.15, 0.2) is 48.5 Å². The van der Waals surface area contributed by atoms with Gasteiger partial charge in [-0.3, -0.25) is 4.79 Å². The van der Waals surface area contributed by atoms with E-state index in [1.807, 2.05) is 56.6 Å². The third-order valence-corrected chi connectivity index (χ3v) is 11.0. The van der Waals surface area contributed by atoms with E-state index in [0.717, 1.165) is 30.7 Å². The molecule has 266 valence electrons. The molecule has 1 amide bonds. The van der Waals surface area contributed by atoms with Crippen LogP contribution in [-0.4, -0.2) is 41.1 Å². The van der Waals surface area contributed by atoms with Crippen LogP contribution in [0.3, 0.4) is 0 Å². The molecule has 1 fully saturated rings.